The van der Waals surface area contributed by atoms with Gasteiger partial charge in [-0.2, -0.15) is 0 Å². The minimum absolute atomic E-state index is 0.126. The summed E-state index contributed by atoms with van der Waals surface area (Å²) < 4.78 is 38.7. The molecule has 0 unspecified atom stereocenters. The lowest BCUT2D eigenvalue weighted by Crippen LogP contribution is -2.33. The number of nitrogens with zero attached hydrogens (tertiary/aromatic N) is 1. The lowest BCUT2D eigenvalue weighted by Gasteiger charge is -2.24. The molecule has 0 aliphatic rings. The van der Waals surface area contributed by atoms with Crippen LogP contribution in [0.3, 0.4) is 0 Å². The highest BCUT2D eigenvalue weighted by atomic mass is 32.2. The third-order valence-corrected chi connectivity index (χ3v) is 5.64. The first-order valence-electron chi connectivity index (χ1n) is 9.38. The Hall–Kier alpha value is -2.41. The molecule has 0 bridgehead atoms. The number of benzene rings is 2. The van der Waals surface area contributed by atoms with E-state index in [1.54, 1.807) is 18.2 Å². The van der Waals surface area contributed by atoms with E-state index in [9.17, 15) is 17.6 Å². The van der Waals surface area contributed by atoms with E-state index in [0.717, 1.165) is 17.5 Å². The van der Waals surface area contributed by atoms with Crippen LogP contribution in [-0.2, 0) is 27.7 Å². The second-order valence-corrected chi connectivity index (χ2v) is 8.55. The van der Waals surface area contributed by atoms with Crippen molar-refractivity contribution in [1.29, 1.82) is 0 Å². The fraction of sp³-hybridized carbons (Fsp3) is 0.381. The molecule has 2 aromatic carbocycles. The maximum atomic E-state index is 12.9. The molecule has 0 heterocycles. The fourth-order valence-corrected chi connectivity index (χ4v) is 3.98. The third kappa shape index (κ3) is 6.64. The number of rotatable bonds is 10. The van der Waals surface area contributed by atoms with Crippen molar-refractivity contribution in [3.63, 3.8) is 0 Å². The topological polar surface area (TPSA) is 66.5 Å². The molecule has 0 radical (unpaired) electrons. The van der Waals surface area contributed by atoms with Crippen LogP contribution in [0.5, 0.6) is 0 Å². The molecule has 2 aromatic rings. The summed E-state index contributed by atoms with van der Waals surface area (Å²) in [5.74, 6) is -0.410. The van der Waals surface area contributed by atoms with Gasteiger partial charge >= 0.3 is 0 Å². The Morgan fingerprint density at radius 2 is 1.79 bits per heavy atom. The predicted molar refractivity (Wildman–Crippen MR) is 110 cm³/mol. The Morgan fingerprint density at radius 3 is 2.43 bits per heavy atom. The molecule has 152 valence electrons. The van der Waals surface area contributed by atoms with E-state index in [-0.39, 0.29) is 24.7 Å². The number of carbonyl (C=O) groups excluding carboxylic acids is 1. The first-order chi connectivity index (χ1) is 13.3. The van der Waals surface area contributed by atoms with Gasteiger partial charge in [-0.05, 0) is 48.6 Å². The number of halogens is 1. The van der Waals surface area contributed by atoms with E-state index < -0.39 is 10.0 Å². The van der Waals surface area contributed by atoms with Gasteiger partial charge in [0.05, 0.1) is 11.9 Å². The van der Waals surface area contributed by atoms with Crippen molar-refractivity contribution in [1.82, 2.24) is 5.32 Å². The van der Waals surface area contributed by atoms with E-state index in [0.29, 0.717) is 25.1 Å². The minimum atomic E-state index is -3.43. The highest BCUT2D eigenvalue weighted by Gasteiger charge is 2.19. The summed E-state index contributed by atoms with van der Waals surface area (Å²) in [4.78, 5) is 12.0. The van der Waals surface area contributed by atoms with Gasteiger partial charge in [0.15, 0.2) is 0 Å². The lowest BCUT2D eigenvalue weighted by atomic mass is 10.1. The molecule has 0 aromatic heterocycles. The molecule has 0 saturated heterocycles. The monoisotopic (exact) mass is 406 g/mol. The minimum Gasteiger partial charge on any atom is -0.356 e. The van der Waals surface area contributed by atoms with Crippen molar-refractivity contribution in [2.75, 3.05) is 23.7 Å². The maximum Gasteiger partial charge on any atom is 0.232 e. The normalized spacial score (nSPS) is 11.2. The van der Waals surface area contributed by atoms with Crippen molar-refractivity contribution in [2.45, 2.75) is 32.6 Å². The smallest absolute Gasteiger partial charge is 0.232 e. The van der Waals surface area contributed by atoms with Gasteiger partial charge in [-0.1, -0.05) is 37.3 Å². The number of sulfonamides is 1. The van der Waals surface area contributed by atoms with Gasteiger partial charge in [-0.15, -0.1) is 0 Å². The van der Waals surface area contributed by atoms with Crippen LogP contribution in [0, 0.1) is 5.82 Å². The quantitative estimate of drug-likeness (QED) is 0.658. The summed E-state index contributed by atoms with van der Waals surface area (Å²) >= 11 is 0. The Labute approximate surface area is 166 Å². The molecule has 0 atom stereocenters. The summed E-state index contributed by atoms with van der Waals surface area (Å²) in [6, 6.07) is 13.6. The zero-order chi connectivity index (χ0) is 20.6. The summed E-state index contributed by atoms with van der Waals surface area (Å²) in [6.07, 6.45) is 3.19. The number of amides is 1. The SMILES string of the molecule is CCc1ccccc1N(CCCC(=O)NCCc1ccc(F)cc1)S(C)(=O)=O. The predicted octanol–water partition coefficient (Wildman–Crippen LogP) is 3.29. The number of para-hydroxylation sites is 1. The number of hydrogen-bond donors (Lipinski definition) is 1. The molecular formula is C21H27FN2O3S. The number of nitrogens with one attached hydrogen (secondary N) is 1. The summed E-state index contributed by atoms with van der Waals surface area (Å²) in [5, 5.41) is 2.82. The Balaban J connectivity index is 1.84. The van der Waals surface area contributed by atoms with Crippen molar-refractivity contribution in [2.24, 2.45) is 0 Å². The third-order valence-electron chi connectivity index (χ3n) is 4.46. The zero-order valence-electron chi connectivity index (χ0n) is 16.3. The van der Waals surface area contributed by atoms with Crippen LogP contribution in [0.25, 0.3) is 0 Å². The van der Waals surface area contributed by atoms with Gasteiger partial charge in [-0.25, -0.2) is 12.8 Å². The largest absolute Gasteiger partial charge is 0.356 e. The van der Waals surface area contributed by atoms with Crippen LogP contribution >= 0.6 is 0 Å². The molecule has 0 aliphatic heterocycles. The van der Waals surface area contributed by atoms with Crippen LogP contribution in [0.4, 0.5) is 10.1 Å². The van der Waals surface area contributed by atoms with Crippen molar-refractivity contribution >= 4 is 21.6 Å². The van der Waals surface area contributed by atoms with Crippen LogP contribution < -0.4 is 9.62 Å². The molecule has 0 saturated carbocycles. The van der Waals surface area contributed by atoms with E-state index in [1.807, 2.05) is 25.1 Å². The average molecular weight is 407 g/mol. The molecule has 1 amide bonds. The van der Waals surface area contributed by atoms with Crippen LogP contribution in [0.1, 0.15) is 30.9 Å². The molecule has 0 fully saturated rings. The van der Waals surface area contributed by atoms with E-state index in [4.69, 9.17) is 0 Å². The van der Waals surface area contributed by atoms with E-state index in [2.05, 4.69) is 5.32 Å². The molecule has 0 spiro atoms. The zero-order valence-corrected chi connectivity index (χ0v) is 17.1. The van der Waals surface area contributed by atoms with Gasteiger partial charge in [0, 0.05) is 19.5 Å². The number of anilines is 1. The van der Waals surface area contributed by atoms with Crippen molar-refractivity contribution in [3.8, 4) is 0 Å². The van der Waals surface area contributed by atoms with E-state index >= 15 is 0 Å². The Morgan fingerprint density at radius 1 is 1.11 bits per heavy atom. The van der Waals surface area contributed by atoms with Crippen LogP contribution in [0.15, 0.2) is 48.5 Å². The number of hydrogen-bond acceptors (Lipinski definition) is 3. The summed E-state index contributed by atoms with van der Waals surface area (Å²) in [6.45, 7) is 2.69. The molecule has 5 nitrogen and oxygen atoms in total. The molecule has 2 rings (SSSR count). The molecular weight excluding hydrogens is 379 g/mol. The van der Waals surface area contributed by atoms with Crippen molar-refractivity contribution < 1.29 is 17.6 Å². The molecule has 0 aliphatic carbocycles. The van der Waals surface area contributed by atoms with Gasteiger partial charge in [0.1, 0.15) is 5.82 Å². The maximum absolute atomic E-state index is 12.9. The fourth-order valence-electron chi connectivity index (χ4n) is 2.99. The average Bonchev–Trinajstić information content (AvgIpc) is 2.66. The second-order valence-electron chi connectivity index (χ2n) is 6.65. The Bertz CT molecular complexity index is 883. The molecule has 1 N–H and O–H groups in total. The van der Waals surface area contributed by atoms with Gasteiger partial charge in [0.2, 0.25) is 15.9 Å². The Kier molecular flexibility index (Phi) is 7.99. The van der Waals surface area contributed by atoms with Gasteiger partial charge in [0.25, 0.3) is 0 Å². The summed E-state index contributed by atoms with van der Waals surface area (Å²) in [5.41, 5.74) is 2.57. The number of carbonyl (C=O) groups is 1. The molecule has 28 heavy (non-hydrogen) atoms. The highest BCUT2D eigenvalue weighted by Crippen LogP contribution is 2.23. The van der Waals surface area contributed by atoms with Crippen LogP contribution in [-0.4, -0.2) is 33.7 Å². The van der Waals surface area contributed by atoms with Crippen molar-refractivity contribution in [3.05, 3.63) is 65.5 Å². The molecule has 7 heteroatoms. The lowest BCUT2D eigenvalue weighted by molar-refractivity contribution is -0.121. The van der Waals surface area contributed by atoms with E-state index in [1.165, 1.54) is 22.7 Å². The number of aryl methyl sites for hydroxylation is 1. The second kappa shape index (κ2) is 10.2. The first-order valence-corrected chi connectivity index (χ1v) is 11.2. The highest BCUT2D eigenvalue weighted by molar-refractivity contribution is 7.92. The van der Waals surface area contributed by atoms with Gasteiger partial charge in [-0.3, -0.25) is 9.10 Å². The van der Waals surface area contributed by atoms with Gasteiger partial charge < -0.3 is 5.32 Å². The first kappa shape index (κ1) is 21.9. The summed E-state index contributed by atoms with van der Waals surface area (Å²) in [7, 11) is -3.43. The van der Waals surface area contributed by atoms with Crippen LogP contribution in [0.2, 0.25) is 0 Å². The standard InChI is InChI=1S/C21H27FN2O3S/c1-3-18-7-4-5-8-20(18)24(28(2,26)27)16-6-9-21(25)23-15-14-17-10-12-19(22)13-11-17/h4-5,7-8,10-13H,3,6,9,14-16H2,1-2H3,(H,23,25).